The summed E-state index contributed by atoms with van der Waals surface area (Å²) in [4.78, 5) is 0. The molecule has 1 heterocycles. The van der Waals surface area contributed by atoms with Gasteiger partial charge in [-0.1, -0.05) is 12.2 Å². The minimum atomic E-state index is 0.900. The fraction of sp³-hybridized carbons (Fsp3) is 0.444. The van der Waals surface area contributed by atoms with E-state index < -0.39 is 0 Å². The van der Waals surface area contributed by atoms with Crippen LogP contribution in [0.3, 0.4) is 0 Å². The summed E-state index contributed by atoms with van der Waals surface area (Å²) < 4.78 is 1.92. The Kier molecular flexibility index (Phi) is 3.54. The molecule has 1 rings (SSSR count). The topological polar surface area (TPSA) is 29.9 Å². The number of nitrogens with one attached hydrogen (secondary N) is 1. The zero-order chi connectivity index (χ0) is 8.81. The van der Waals surface area contributed by atoms with Crippen molar-refractivity contribution in [2.24, 2.45) is 0 Å². The first-order chi connectivity index (χ1) is 5.86. The van der Waals surface area contributed by atoms with E-state index in [-0.39, 0.29) is 0 Å². The Morgan fingerprint density at radius 3 is 3.08 bits per heavy atom. The Morgan fingerprint density at radius 1 is 1.67 bits per heavy atom. The molecule has 1 aromatic rings. The van der Waals surface area contributed by atoms with E-state index in [9.17, 15) is 0 Å². The molecule has 0 radical (unpaired) electrons. The predicted molar refractivity (Wildman–Crippen MR) is 50.9 cm³/mol. The zero-order valence-electron chi connectivity index (χ0n) is 7.62. The van der Waals surface area contributed by atoms with Gasteiger partial charge in [0, 0.05) is 24.8 Å². The van der Waals surface area contributed by atoms with Crippen LogP contribution in [0.4, 0.5) is 0 Å². The first-order valence-electron chi connectivity index (χ1n) is 4.20. The highest BCUT2D eigenvalue weighted by Crippen LogP contribution is 1.99. The molecule has 0 aliphatic carbocycles. The summed E-state index contributed by atoms with van der Waals surface area (Å²) in [6.07, 6.45) is 8.05. The monoisotopic (exact) mass is 165 g/mol. The molecule has 0 aromatic carbocycles. The Morgan fingerprint density at radius 2 is 2.50 bits per heavy atom. The second kappa shape index (κ2) is 4.72. The Balaban J connectivity index is 2.51. The molecular weight excluding hydrogens is 150 g/mol. The van der Waals surface area contributed by atoms with Crippen LogP contribution in [0, 0.1) is 0 Å². The van der Waals surface area contributed by atoms with Crippen molar-refractivity contribution in [2.45, 2.75) is 13.5 Å². The smallest absolute Gasteiger partial charge is 0.0562 e. The summed E-state index contributed by atoms with van der Waals surface area (Å²) >= 11 is 0. The van der Waals surface area contributed by atoms with Crippen molar-refractivity contribution in [1.29, 1.82) is 0 Å². The van der Waals surface area contributed by atoms with E-state index in [1.165, 1.54) is 0 Å². The van der Waals surface area contributed by atoms with E-state index in [4.69, 9.17) is 0 Å². The lowest BCUT2D eigenvalue weighted by atomic mass is 10.3. The van der Waals surface area contributed by atoms with Crippen LogP contribution in [0.25, 0.3) is 6.08 Å². The molecule has 3 nitrogen and oxygen atoms in total. The third kappa shape index (κ3) is 2.51. The summed E-state index contributed by atoms with van der Waals surface area (Å²) in [5.74, 6) is 0. The van der Waals surface area contributed by atoms with Crippen molar-refractivity contribution in [3.05, 3.63) is 24.0 Å². The van der Waals surface area contributed by atoms with Crippen molar-refractivity contribution in [2.75, 3.05) is 13.6 Å². The van der Waals surface area contributed by atoms with Gasteiger partial charge in [-0.25, -0.2) is 0 Å². The second-order valence-electron chi connectivity index (χ2n) is 2.59. The summed E-state index contributed by atoms with van der Waals surface area (Å²) in [6, 6.07) is 0. The summed E-state index contributed by atoms with van der Waals surface area (Å²) in [5, 5.41) is 7.20. The van der Waals surface area contributed by atoms with Crippen molar-refractivity contribution in [1.82, 2.24) is 15.1 Å². The van der Waals surface area contributed by atoms with Crippen LogP contribution in [0.5, 0.6) is 0 Å². The van der Waals surface area contributed by atoms with Crippen LogP contribution in [0.15, 0.2) is 18.5 Å². The summed E-state index contributed by atoms with van der Waals surface area (Å²) in [6.45, 7) is 3.91. The number of nitrogens with zero attached hydrogens (tertiary/aromatic N) is 2. The van der Waals surface area contributed by atoms with Crippen LogP contribution in [0.2, 0.25) is 0 Å². The molecule has 12 heavy (non-hydrogen) atoms. The predicted octanol–water partition coefficient (Wildman–Crippen LogP) is 1.14. The van der Waals surface area contributed by atoms with Crippen LogP contribution >= 0.6 is 0 Å². The van der Waals surface area contributed by atoms with E-state index in [1.807, 2.05) is 24.1 Å². The van der Waals surface area contributed by atoms with Crippen LogP contribution in [-0.4, -0.2) is 23.4 Å². The lowest BCUT2D eigenvalue weighted by Gasteiger charge is -1.89. The molecule has 1 N–H and O–H groups in total. The van der Waals surface area contributed by atoms with E-state index in [0.29, 0.717) is 0 Å². The maximum atomic E-state index is 4.16. The molecule has 0 amide bonds. The van der Waals surface area contributed by atoms with Crippen molar-refractivity contribution >= 4 is 6.08 Å². The average molecular weight is 165 g/mol. The largest absolute Gasteiger partial charge is 0.316 e. The fourth-order valence-electron chi connectivity index (χ4n) is 0.951. The van der Waals surface area contributed by atoms with Gasteiger partial charge in [-0.3, -0.25) is 4.68 Å². The van der Waals surface area contributed by atoms with Gasteiger partial charge in [-0.15, -0.1) is 0 Å². The van der Waals surface area contributed by atoms with Crippen LogP contribution in [-0.2, 0) is 6.54 Å². The van der Waals surface area contributed by atoms with Gasteiger partial charge in [0.25, 0.3) is 0 Å². The highest BCUT2D eigenvalue weighted by molar-refractivity contribution is 5.46. The zero-order valence-corrected chi connectivity index (χ0v) is 7.62. The third-order valence-corrected chi connectivity index (χ3v) is 1.61. The molecule has 0 unspecified atom stereocenters. The van der Waals surface area contributed by atoms with Gasteiger partial charge in [-0.2, -0.15) is 5.10 Å². The van der Waals surface area contributed by atoms with Crippen molar-refractivity contribution in [3.8, 4) is 0 Å². The Bertz CT molecular complexity index is 250. The van der Waals surface area contributed by atoms with E-state index in [0.717, 1.165) is 18.7 Å². The quantitative estimate of drug-likeness (QED) is 0.725. The highest BCUT2D eigenvalue weighted by atomic mass is 15.3. The van der Waals surface area contributed by atoms with Gasteiger partial charge < -0.3 is 5.32 Å². The van der Waals surface area contributed by atoms with Gasteiger partial charge in [0.2, 0.25) is 0 Å². The Hall–Kier alpha value is -1.09. The van der Waals surface area contributed by atoms with Gasteiger partial charge in [0.15, 0.2) is 0 Å². The van der Waals surface area contributed by atoms with Gasteiger partial charge in [0.05, 0.1) is 6.20 Å². The fourth-order valence-corrected chi connectivity index (χ4v) is 0.951. The molecule has 0 spiro atoms. The number of likely N-dealkylation sites (N-methyl/N-ethyl adjacent to an activating group) is 1. The molecule has 66 valence electrons. The average Bonchev–Trinajstić information content (AvgIpc) is 2.53. The van der Waals surface area contributed by atoms with E-state index in [1.54, 1.807) is 0 Å². The molecule has 0 atom stereocenters. The normalized spacial score (nSPS) is 11.2. The van der Waals surface area contributed by atoms with Crippen LogP contribution in [0.1, 0.15) is 12.5 Å². The second-order valence-corrected chi connectivity index (χ2v) is 2.59. The molecule has 0 bridgehead atoms. The maximum absolute atomic E-state index is 4.16. The van der Waals surface area contributed by atoms with Gasteiger partial charge >= 0.3 is 0 Å². The molecular formula is C9H15N3. The standard InChI is InChI=1S/C9H15N3/c1-3-12-8-9(7-11-12)5-4-6-10-2/h4-5,7-8,10H,3,6H2,1-2H3/b5-4+. The number of aryl methyl sites for hydroxylation is 1. The third-order valence-electron chi connectivity index (χ3n) is 1.61. The van der Waals surface area contributed by atoms with Crippen molar-refractivity contribution < 1.29 is 0 Å². The number of hydrogen-bond donors (Lipinski definition) is 1. The molecule has 1 aromatic heterocycles. The summed E-state index contributed by atoms with van der Waals surface area (Å²) in [5.41, 5.74) is 1.16. The van der Waals surface area contributed by atoms with Crippen LogP contribution < -0.4 is 5.32 Å². The SMILES string of the molecule is CCn1cc(/C=C/CNC)cn1. The lowest BCUT2D eigenvalue weighted by Crippen LogP contribution is -2.03. The number of rotatable bonds is 4. The summed E-state index contributed by atoms with van der Waals surface area (Å²) in [7, 11) is 1.93. The molecule has 0 aliphatic heterocycles. The van der Waals surface area contributed by atoms with Crippen molar-refractivity contribution in [3.63, 3.8) is 0 Å². The van der Waals surface area contributed by atoms with E-state index in [2.05, 4.69) is 29.5 Å². The Labute approximate surface area is 73.1 Å². The molecule has 3 heteroatoms. The molecule has 0 aliphatic rings. The maximum Gasteiger partial charge on any atom is 0.0562 e. The first kappa shape index (κ1) is 9.00. The first-order valence-corrected chi connectivity index (χ1v) is 4.20. The molecule has 0 fully saturated rings. The van der Waals surface area contributed by atoms with E-state index >= 15 is 0 Å². The van der Waals surface area contributed by atoms with Gasteiger partial charge in [-0.05, 0) is 14.0 Å². The minimum absolute atomic E-state index is 0.900. The van der Waals surface area contributed by atoms with Gasteiger partial charge in [0.1, 0.15) is 0 Å². The highest BCUT2D eigenvalue weighted by Gasteiger charge is 1.90. The molecule has 0 saturated carbocycles. The number of hydrogen-bond acceptors (Lipinski definition) is 2. The lowest BCUT2D eigenvalue weighted by molar-refractivity contribution is 0.660. The minimum Gasteiger partial charge on any atom is -0.316 e. The number of aromatic nitrogens is 2. The molecule has 0 saturated heterocycles.